The lowest BCUT2D eigenvalue weighted by Gasteiger charge is -2.11. The Morgan fingerprint density at radius 2 is 2.28 bits per heavy atom. The summed E-state index contributed by atoms with van der Waals surface area (Å²) in [6.45, 7) is 0. The van der Waals surface area contributed by atoms with Crippen LogP contribution in [0.25, 0.3) is 0 Å². The topological polar surface area (TPSA) is 48.1 Å². The first-order valence-corrected chi connectivity index (χ1v) is 6.72. The highest BCUT2D eigenvalue weighted by Gasteiger charge is 2.60. The Kier molecular flexibility index (Phi) is 2.09. The minimum Gasteiger partial charge on any atom is -0.488 e. The SMILES string of the molecule is COC(=O)c1cc(Br)cc2c1OC1CC3OC3[C@H]21. The van der Waals surface area contributed by atoms with Gasteiger partial charge >= 0.3 is 5.97 Å². The first-order chi connectivity index (χ1) is 8.69. The minimum atomic E-state index is -0.360. The predicted molar refractivity (Wildman–Crippen MR) is 65.9 cm³/mol. The van der Waals surface area contributed by atoms with E-state index in [1.54, 1.807) is 6.07 Å². The Hall–Kier alpha value is -1.07. The van der Waals surface area contributed by atoms with Crippen LogP contribution in [0, 0.1) is 0 Å². The van der Waals surface area contributed by atoms with E-state index in [9.17, 15) is 4.79 Å². The molecule has 1 saturated heterocycles. The zero-order valence-corrected chi connectivity index (χ0v) is 11.3. The highest BCUT2D eigenvalue weighted by atomic mass is 79.9. The molecule has 18 heavy (non-hydrogen) atoms. The Morgan fingerprint density at radius 3 is 3.06 bits per heavy atom. The highest BCUT2D eigenvalue weighted by Crippen LogP contribution is 2.56. The molecule has 2 fully saturated rings. The Balaban J connectivity index is 1.85. The summed E-state index contributed by atoms with van der Waals surface area (Å²) in [6.07, 6.45) is 1.70. The molecule has 0 radical (unpaired) electrons. The number of ether oxygens (including phenoxy) is 3. The molecule has 0 bridgehead atoms. The van der Waals surface area contributed by atoms with Gasteiger partial charge in [-0.1, -0.05) is 15.9 Å². The molecule has 5 heteroatoms. The maximum Gasteiger partial charge on any atom is 0.341 e. The largest absolute Gasteiger partial charge is 0.488 e. The number of methoxy groups -OCH3 is 1. The third-order valence-electron chi connectivity index (χ3n) is 3.96. The molecule has 94 valence electrons. The number of epoxide rings is 1. The van der Waals surface area contributed by atoms with Crippen molar-refractivity contribution in [2.45, 2.75) is 30.7 Å². The van der Waals surface area contributed by atoms with Gasteiger partial charge in [-0.05, 0) is 12.1 Å². The molecule has 1 aromatic carbocycles. The third kappa shape index (κ3) is 1.32. The second-order valence-electron chi connectivity index (χ2n) is 4.92. The van der Waals surface area contributed by atoms with Crippen LogP contribution >= 0.6 is 15.9 Å². The molecule has 3 unspecified atom stereocenters. The molecule has 1 aliphatic carbocycles. The van der Waals surface area contributed by atoms with Crippen molar-refractivity contribution in [2.75, 3.05) is 7.11 Å². The maximum absolute atomic E-state index is 11.8. The molecule has 0 spiro atoms. The second kappa shape index (κ2) is 3.48. The van der Waals surface area contributed by atoms with Crippen molar-refractivity contribution in [2.24, 2.45) is 0 Å². The van der Waals surface area contributed by atoms with E-state index < -0.39 is 0 Å². The fraction of sp³-hybridized carbons (Fsp3) is 0.462. The molecular weight excluding hydrogens is 300 g/mol. The van der Waals surface area contributed by atoms with Gasteiger partial charge in [0.1, 0.15) is 17.4 Å². The van der Waals surface area contributed by atoms with Gasteiger partial charge in [0, 0.05) is 16.5 Å². The Labute approximate surface area is 112 Å². The van der Waals surface area contributed by atoms with Crippen molar-refractivity contribution < 1.29 is 19.0 Å². The summed E-state index contributed by atoms with van der Waals surface area (Å²) in [6, 6.07) is 3.77. The van der Waals surface area contributed by atoms with Gasteiger partial charge < -0.3 is 14.2 Å². The van der Waals surface area contributed by atoms with Gasteiger partial charge in [0.15, 0.2) is 0 Å². The number of esters is 1. The summed E-state index contributed by atoms with van der Waals surface area (Å²) in [5, 5.41) is 0. The van der Waals surface area contributed by atoms with E-state index in [0.717, 1.165) is 16.5 Å². The monoisotopic (exact) mass is 310 g/mol. The molecule has 1 aromatic rings. The summed E-state index contributed by atoms with van der Waals surface area (Å²) in [4.78, 5) is 11.8. The number of rotatable bonds is 1. The number of fused-ring (bicyclic) bond motifs is 5. The maximum atomic E-state index is 11.8. The van der Waals surface area contributed by atoms with Gasteiger partial charge in [-0.3, -0.25) is 0 Å². The molecule has 2 heterocycles. The molecule has 2 aliphatic heterocycles. The number of benzene rings is 1. The number of carbonyl (C=O) groups excluding carboxylic acids is 1. The van der Waals surface area contributed by atoms with Crippen molar-refractivity contribution in [3.8, 4) is 5.75 Å². The normalized spacial score (nSPS) is 34.3. The molecule has 3 aliphatic rings. The Morgan fingerprint density at radius 1 is 1.44 bits per heavy atom. The van der Waals surface area contributed by atoms with Crippen LogP contribution in [0.5, 0.6) is 5.75 Å². The van der Waals surface area contributed by atoms with Crippen molar-refractivity contribution in [1.29, 1.82) is 0 Å². The van der Waals surface area contributed by atoms with Crippen molar-refractivity contribution in [3.05, 3.63) is 27.7 Å². The molecule has 1 saturated carbocycles. The summed E-state index contributed by atoms with van der Waals surface area (Å²) in [5.74, 6) is 0.584. The van der Waals surface area contributed by atoms with Crippen LogP contribution in [0.1, 0.15) is 28.3 Å². The van der Waals surface area contributed by atoms with E-state index in [1.807, 2.05) is 6.07 Å². The van der Waals surface area contributed by atoms with Crippen LogP contribution in [0.15, 0.2) is 16.6 Å². The van der Waals surface area contributed by atoms with E-state index in [-0.39, 0.29) is 24.1 Å². The van der Waals surface area contributed by atoms with E-state index in [0.29, 0.717) is 17.4 Å². The van der Waals surface area contributed by atoms with Crippen molar-refractivity contribution >= 4 is 21.9 Å². The molecular formula is C13H11BrO4. The summed E-state index contributed by atoms with van der Waals surface area (Å²) in [5.41, 5.74) is 1.56. The smallest absolute Gasteiger partial charge is 0.341 e. The molecule has 0 N–H and O–H groups in total. The van der Waals surface area contributed by atoms with Crippen LogP contribution in [0.4, 0.5) is 0 Å². The van der Waals surface area contributed by atoms with Gasteiger partial charge in [0.25, 0.3) is 0 Å². The fourth-order valence-electron chi connectivity index (χ4n) is 3.15. The number of hydrogen-bond donors (Lipinski definition) is 0. The average molecular weight is 311 g/mol. The van der Waals surface area contributed by atoms with Gasteiger partial charge in [-0.2, -0.15) is 0 Å². The van der Waals surface area contributed by atoms with Gasteiger partial charge in [-0.25, -0.2) is 4.79 Å². The number of carbonyl (C=O) groups is 1. The number of halogens is 1. The molecule has 0 aromatic heterocycles. The fourth-order valence-corrected chi connectivity index (χ4v) is 3.63. The average Bonchev–Trinajstić information content (AvgIpc) is 2.87. The molecule has 4 nitrogen and oxygen atoms in total. The van der Waals surface area contributed by atoms with E-state index in [1.165, 1.54) is 7.11 Å². The second-order valence-corrected chi connectivity index (χ2v) is 5.84. The summed E-state index contributed by atoms with van der Waals surface area (Å²) < 4.78 is 17.2. The lowest BCUT2D eigenvalue weighted by molar-refractivity contribution is 0.0594. The van der Waals surface area contributed by atoms with Crippen LogP contribution in [0.3, 0.4) is 0 Å². The van der Waals surface area contributed by atoms with Crippen molar-refractivity contribution in [3.63, 3.8) is 0 Å². The van der Waals surface area contributed by atoms with Crippen LogP contribution in [0.2, 0.25) is 0 Å². The first-order valence-electron chi connectivity index (χ1n) is 5.93. The number of hydrogen-bond acceptors (Lipinski definition) is 4. The molecule has 4 rings (SSSR count). The zero-order chi connectivity index (χ0) is 12.4. The standard InChI is InChI=1S/C13H11BrO4/c1-16-13(15)7-3-5(14)2-6-10-8(17-11(6)7)4-9-12(10)18-9/h2-3,8-10,12H,4H2,1H3/t8?,9?,10-,12?/m1/s1. The first kappa shape index (κ1) is 10.8. The minimum absolute atomic E-state index is 0.154. The lowest BCUT2D eigenvalue weighted by atomic mass is 9.95. The van der Waals surface area contributed by atoms with Crippen LogP contribution in [-0.4, -0.2) is 31.4 Å². The van der Waals surface area contributed by atoms with Crippen LogP contribution in [-0.2, 0) is 9.47 Å². The lowest BCUT2D eigenvalue weighted by Crippen LogP contribution is -2.17. The quantitative estimate of drug-likeness (QED) is 0.589. The third-order valence-corrected chi connectivity index (χ3v) is 4.41. The highest BCUT2D eigenvalue weighted by molar-refractivity contribution is 9.10. The summed E-state index contributed by atoms with van der Waals surface area (Å²) >= 11 is 3.44. The molecule has 0 amide bonds. The van der Waals surface area contributed by atoms with Gasteiger partial charge in [-0.15, -0.1) is 0 Å². The van der Waals surface area contributed by atoms with Crippen LogP contribution < -0.4 is 4.74 Å². The van der Waals surface area contributed by atoms with Gasteiger partial charge in [0.05, 0.1) is 25.2 Å². The molecule has 4 atom stereocenters. The van der Waals surface area contributed by atoms with E-state index >= 15 is 0 Å². The van der Waals surface area contributed by atoms with E-state index in [2.05, 4.69) is 15.9 Å². The zero-order valence-electron chi connectivity index (χ0n) is 9.68. The van der Waals surface area contributed by atoms with Gasteiger partial charge in [0.2, 0.25) is 0 Å². The predicted octanol–water partition coefficient (Wildman–Crippen LogP) is 2.25. The van der Waals surface area contributed by atoms with E-state index in [4.69, 9.17) is 14.2 Å². The Bertz CT molecular complexity index is 556. The summed E-state index contributed by atoms with van der Waals surface area (Å²) in [7, 11) is 1.38. The van der Waals surface area contributed by atoms with Crippen molar-refractivity contribution in [1.82, 2.24) is 0 Å².